The van der Waals surface area contributed by atoms with Crippen molar-refractivity contribution in [1.29, 1.82) is 0 Å². The Kier molecular flexibility index (Phi) is 6.56. The van der Waals surface area contributed by atoms with Crippen LogP contribution in [-0.2, 0) is 6.18 Å². The predicted molar refractivity (Wildman–Crippen MR) is 94.3 cm³/mol. The monoisotopic (exact) mass is 396 g/mol. The normalized spacial score (nSPS) is 17.3. The Balaban J connectivity index is 0.00000208. The second-order valence-corrected chi connectivity index (χ2v) is 7.20. The smallest absolute Gasteiger partial charge is 0.314 e. The first-order valence-corrected chi connectivity index (χ1v) is 8.52. The quantitative estimate of drug-likeness (QED) is 0.798. The number of hydrogen-bond acceptors (Lipinski definition) is 3. The number of piperazine rings is 1. The zero-order valence-electron chi connectivity index (χ0n) is 12.6. The Morgan fingerprint density at radius 1 is 1.04 bits per heavy atom. The van der Waals surface area contributed by atoms with Gasteiger partial charge in [0.25, 0.3) is 0 Å². The van der Waals surface area contributed by atoms with Gasteiger partial charge in [-0.15, -0.1) is 23.7 Å². The molecule has 2 nitrogen and oxygen atoms in total. The zero-order valence-corrected chi connectivity index (χ0v) is 15.0. The average Bonchev–Trinajstić information content (AvgIpc) is 2.94. The van der Waals surface area contributed by atoms with E-state index in [4.69, 9.17) is 11.6 Å². The topological polar surface area (TPSA) is 15.3 Å². The van der Waals surface area contributed by atoms with E-state index in [0.29, 0.717) is 4.34 Å². The first kappa shape index (κ1) is 19.5. The molecule has 0 aliphatic carbocycles. The number of benzene rings is 1. The van der Waals surface area contributed by atoms with Crippen LogP contribution >= 0.6 is 35.3 Å². The summed E-state index contributed by atoms with van der Waals surface area (Å²) < 4.78 is 39.0. The molecular weight excluding hydrogens is 380 g/mol. The summed E-state index contributed by atoms with van der Waals surface area (Å²) in [5, 5.41) is 3.29. The summed E-state index contributed by atoms with van der Waals surface area (Å²) >= 11 is 7.53. The molecule has 1 atom stereocenters. The Morgan fingerprint density at radius 2 is 1.67 bits per heavy atom. The molecule has 1 aromatic carbocycles. The number of hydrogen-bond donors (Lipinski definition) is 1. The Bertz CT molecular complexity index is 652. The van der Waals surface area contributed by atoms with E-state index in [2.05, 4.69) is 10.2 Å². The highest BCUT2D eigenvalue weighted by atomic mass is 35.5. The molecule has 0 saturated carbocycles. The molecule has 3 rings (SSSR count). The van der Waals surface area contributed by atoms with Crippen LogP contribution in [0.5, 0.6) is 0 Å². The predicted octanol–water partition coefficient (Wildman–Crippen LogP) is 4.84. The van der Waals surface area contributed by atoms with Gasteiger partial charge < -0.3 is 5.32 Å². The van der Waals surface area contributed by atoms with Crippen molar-refractivity contribution < 1.29 is 13.2 Å². The molecule has 2 heterocycles. The van der Waals surface area contributed by atoms with Gasteiger partial charge in [0.15, 0.2) is 0 Å². The lowest BCUT2D eigenvalue weighted by atomic mass is 10.0. The number of nitrogens with one attached hydrogen (secondary N) is 1. The lowest BCUT2D eigenvalue weighted by molar-refractivity contribution is -0.137. The largest absolute Gasteiger partial charge is 0.416 e. The van der Waals surface area contributed by atoms with Crippen molar-refractivity contribution in [3.05, 3.63) is 56.7 Å². The van der Waals surface area contributed by atoms with Crippen LogP contribution in [-0.4, -0.2) is 31.1 Å². The maximum atomic E-state index is 12.8. The number of rotatable bonds is 3. The van der Waals surface area contributed by atoms with Crippen molar-refractivity contribution in [2.75, 3.05) is 26.2 Å². The molecule has 1 aromatic heterocycles. The molecule has 0 amide bonds. The molecular formula is C16H17Cl2F3N2S. The number of nitrogens with zero attached hydrogens (tertiary/aromatic N) is 1. The second kappa shape index (κ2) is 8.06. The maximum Gasteiger partial charge on any atom is 0.416 e. The van der Waals surface area contributed by atoms with Gasteiger partial charge in [-0.1, -0.05) is 23.7 Å². The minimum absolute atomic E-state index is 0. The van der Waals surface area contributed by atoms with Gasteiger partial charge in [0.2, 0.25) is 0 Å². The van der Waals surface area contributed by atoms with Crippen LogP contribution in [0.4, 0.5) is 13.2 Å². The summed E-state index contributed by atoms with van der Waals surface area (Å²) in [4.78, 5) is 3.33. The van der Waals surface area contributed by atoms with Gasteiger partial charge in [-0.25, -0.2) is 0 Å². The van der Waals surface area contributed by atoms with Crippen LogP contribution in [0.3, 0.4) is 0 Å². The van der Waals surface area contributed by atoms with Crippen molar-refractivity contribution in [2.24, 2.45) is 0 Å². The average molecular weight is 397 g/mol. The van der Waals surface area contributed by atoms with E-state index in [1.165, 1.54) is 11.3 Å². The summed E-state index contributed by atoms with van der Waals surface area (Å²) in [6, 6.07) is 9.18. The van der Waals surface area contributed by atoms with Gasteiger partial charge in [0.1, 0.15) is 0 Å². The molecule has 1 N–H and O–H groups in total. The highest BCUT2D eigenvalue weighted by Gasteiger charge is 2.31. The molecule has 1 saturated heterocycles. The minimum atomic E-state index is -4.31. The van der Waals surface area contributed by atoms with Crippen molar-refractivity contribution in [3.63, 3.8) is 0 Å². The molecule has 0 spiro atoms. The lowest BCUT2D eigenvalue weighted by Gasteiger charge is -2.34. The second-order valence-electron chi connectivity index (χ2n) is 5.45. The lowest BCUT2D eigenvalue weighted by Crippen LogP contribution is -2.45. The highest BCUT2D eigenvalue weighted by molar-refractivity contribution is 7.16. The maximum absolute atomic E-state index is 12.8. The fourth-order valence-electron chi connectivity index (χ4n) is 2.82. The third-order valence-electron chi connectivity index (χ3n) is 3.93. The van der Waals surface area contributed by atoms with E-state index < -0.39 is 11.7 Å². The molecule has 132 valence electrons. The zero-order chi connectivity index (χ0) is 16.4. The SMILES string of the molecule is Cl.FC(F)(F)c1ccc([C@@H](c2ccc(Cl)s2)N2CCNCC2)cc1. The van der Waals surface area contributed by atoms with Gasteiger partial charge in [0.05, 0.1) is 15.9 Å². The van der Waals surface area contributed by atoms with E-state index in [1.54, 1.807) is 12.1 Å². The van der Waals surface area contributed by atoms with Crippen molar-refractivity contribution in [2.45, 2.75) is 12.2 Å². The van der Waals surface area contributed by atoms with Gasteiger partial charge in [-0.2, -0.15) is 13.2 Å². The van der Waals surface area contributed by atoms with E-state index >= 15 is 0 Å². The van der Waals surface area contributed by atoms with Crippen LogP contribution in [0.1, 0.15) is 22.0 Å². The summed E-state index contributed by atoms with van der Waals surface area (Å²) in [7, 11) is 0. The molecule has 24 heavy (non-hydrogen) atoms. The third-order valence-corrected chi connectivity index (χ3v) is 5.22. The molecule has 0 bridgehead atoms. The van der Waals surface area contributed by atoms with Crippen LogP contribution < -0.4 is 5.32 Å². The molecule has 8 heteroatoms. The summed E-state index contributed by atoms with van der Waals surface area (Å²) in [6.45, 7) is 3.44. The van der Waals surface area contributed by atoms with Crippen LogP contribution in [0.2, 0.25) is 4.34 Å². The first-order chi connectivity index (χ1) is 10.9. The van der Waals surface area contributed by atoms with E-state index in [9.17, 15) is 13.2 Å². The van der Waals surface area contributed by atoms with Crippen molar-refractivity contribution in [1.82, 2.24) is 10.2 Å². The van der Waals surface area contributed by atoms with Gasteiger partial charge in [-0.05, 0) is 29.8 Å². The summed E-state index contributed by atoms with van der Waals surface area (Å²) in [5.41, 5.74) is 0.239. The van der Waals surface area contributed by atoms with Gasteiger partial charge >= 0.3 is 6.18 Å². The van der Waals surface area contributed by atoms with Gasteiger partial charge in [0, 0.05) is 31.1 Å². The molecule has 0 unspecified atom stereocenters. The minimum Gasteiger partial charge on any atom is -0.314 e. The fraction of sp³-hybridized carbons (Fsp3) is 0.375. The highest BCUT2D eigenvalue weighted by Crippen LogP contribution is 2.37. The standard InChI is InChI=1S/C16H16ClF3N2S.ClH/c17-14-6-5-13(23-14)15(22-9-7-21-8-10-22)11-1-3-12(4-2-11)16(18,19)20;/h1-6,15,21H,7-10H2;1H/t15-;/m0./s1. The number of thiophene rings is 1. The van der Waals surface area contributed by atoms with Gasteiger partial charge in [-0.3, -0.25) is 4.90 Å². The van der Waals surface area contributed by atoms with Crippen molar-refractivity contribution in [3.8, 4) is 0 Å². The van der Waals surface area contributed by atoms with Crippen LogP contribution in [0, 0.1) is 0 Å². The molecule has 1 aliphatic rings. The Labute approximate surface area is 154 Å². The van der Waals surface area contributed by atoms with Crippen LogP contribution in [0.25, 0.3) is 0 Å². The third kappa shape index (κ3) is 4.43. The van der Waals surface area contributed by atoms with E-state index in [-0.39, 0.29) is 18.4 Å². The van der Waals surface area contributed by atoms with Crippen molar-refractivity contribution >= 4 is 35.3 Å². The Morgan fingerprint density at radius 3 is 2.17 bits per heavy atom. The first-order valence-electron chi connectivity index (χ1n) is 7.32. The fourth-order valence-corrected chi connectivity index (χ4v) is 4.05. The van der Waals surface area contributed by atoms with E-state index in [0.717, 1.165) is 48.8 Å². The summed E-state index contributed by atoms with van der Waals surface area (Å²) in [5.74, 6) is 0. The molecule has 1 aliphatic heterocycles. The number of alkyl halides is 3. The molecule has 1 fully saturated rings. The molecule has 2 aromatic rings. The molecule has 0 radical (unpaired) electrons. The van der Waals surface area contributed by atoms with Crippen LogP contribution in [0.15, 0.2) is 36.4 Å². The van der Waals surface area contributed by atoms with E-state index in [1.807, 2.05) is 12.1 Å². The number of halogens is 5. The Hall–Kier alpha value is -0.790. The summed E-state index contributed by atoms with van der Waals surface area (Å²) in [6.07, 6.45) is -4.31.